The Morgan fingerprint density at radius 1 is 1.50 bits per heavy atom. The van der Waals surface area contributed by atoms with E-state index >= 15 is 0 Å². The molecule has 0 saturated heterocycles. The zero-order chi connectivity index (χ0) is 11.5. The fourth-order valence-electron chi connectivity index (χ4n) is 1.45. The molecule has 1 aromatic carbocycles. The molecule has 1 amide bonds. The topological polar surface area (TPSA) is 41.5 Å². The predicted molar refractivity (Wildman–Crippen MR) is 72.6 cm³/mol. The van der Waals surface area contributed by atoms with Crippen LogP contribution < -0.4 is 5.32 Å². The molecule has 1 aromatic rings. The first kappa shape index (κ1) is 11.3. The smallest absolute Gasteiger partial charge is 0.257 e. The van der Waals surface area contributed by atoms with Crippen molar-refractivity contribution in [3.05, 3.63) is 45.2 Å². The van der Waals surface area contributed by atoms with Gasteiger partial charge in [0.1, 0.15) is 5.84 Å². The number of nitrogens with zero attached hydrogens (tertiary/aromatic N) is 1. The molecule has 0 saturated carbocycles. The van der Waals surface area contributed by atoms with Crippen LogP contribution in [0.1, 0.15) is 22.3 Å². The van der Waals surface area contributed by atoms with Crippen molar-refractivity contribution in [1.82, 2.24) is 5.32 Å². The van der Waals surface area contributed by atoms with Crippen molar-refractivity contribution in [3.8, 4) is 0 Å². The highest BCUT2D eigenvalue weighted by Gasteiger charge is 2.12. The minimum absolute atomic E-state index is 0.0875. The van der Waals surface area contributed by atoms with Crippen molar-refractivity contribution in [2.24, 2.45) is 4.99 Å². The summed E-state index contributed by atoms with van der Waals surface area (Å²) in [6.45, 7) is 1.97. The number of halogens is 1. The average Bonchev–Trinajstić information content (AvgIpc) is 2.74. The molecule has 0 bridgehead atoms. The maximum Gasteiger partial charge on any atom is 0.257 e. The molecule has 0 unspecified atom stereocenters. The van der Waals surface area contributed by atoms with Crippen molar-refractivity contribution < 1.29 is 4.79 Å². The second-order valence-corrected chi connectivity index (χ2v) is 4.76. The van der Waals surface area contributed by atoms with Crippen LogP contribution in [0, 0.1) is 10.5 Å². The van der Waals surface area contributed by atoms with E-state index in [1.807, 2.05) is 31.2 Å². The third-order valence-electron chi connectivity index (χ3n) is 2.27. The molecule has 1 aliphatic heterocycles. The Kier molecular flexibility index (Phi) is 3.38. The van der Waals surface area contributed by atoms with Gasteiger partial charge >= 0.3 is 0 Å². The second kappa shape index (κ2) is 4.78. The van der Waals surface area contributed by atoms with Gasteiger partial charge in [0, 0.05) is 16.2 Å². The maximum absolute atomic E-state index is 11.9. The fraction of sp³-hybridized carbons (Fsp3) is 0.167. The Morgan fingerprint density at radius 2 is 2.31 bits per heavy atom. The Bertz CT molecular complexity index is 492. The van der Waals surface area contributed by atoms with Crippen molar-refractivity contribution in [3.63, 3.8) is 0 Å². The fourth-order valence-corrected chi connectivity index (χ4v) is 2.03. The number of benzene rings is 1. The lowest BCUT2D eigenvalue weighted by Crippen LogP contribution is -2.29. The number of aliphatic imine (C=N–C) groups is 1. The molecule has 16 heavy (non-hydrogen) atoms. The molecule has 0 spiro atoms. The molecule has 1 aliphatic rings. The summed E-state index contributed by atoms with van der Waals surface area (Å²) in [6, 6.07) is 5.83. The molecule has 0 atom stereocenters. The van der Waals surface area contributed by atoms with E-state index in [0.717, 1.165) is 9.13 Å². The lowest BCUT2D eigenvalue weighted by molar-refractivity contribution is 0.0975. The average molecular weight is 326 g/mol. The normalized spacial score (nSPS) is 13.8. The molecular formula is C12H11IN2O. The van der Waals surface area contributed by atoms with Gasteiger partial charge in [-0.15, -0.1) is 0 Å². The zero-order valence-electron chi connectivity index (χ0n) is 8.83. The number of nitrogens with one attached hydrogen (secondary N) is 1. The summed E-state index contributed by atoms with van der Waals surface area (Å²) in [5, 5.41) is 2.81. The first-order chi connectivity index (χ1) is 7.66. The largest absolute Gasteiger partial charge is 0.310 e. The van der Waals surface area contributed by atoms with Crippen LogP contribution in [0.4, 0.5) is 0 Å². The van der Waals surface area contributed by atoms with E-state index in [1.165, 1.54) is 0 Å². The van der Waals surface area contributed by atoms with Gasteiger partial charge < -0.3 is 5.32 Å². The minimum Gasteiger partial charge on any atom is -0.310 e. The molecule has 82 valence electrons. The summed E-state index contributed by atoms with van der Waals surface area (Å²) in [6.07, 6.45) is 4.32. The quantitative estimate of drug-likeness (QED) is 0.792. The van der Waals surface area contributed by atoms with Crippen LogP contribution >= 0.6 is 22.6 Å². The van der Waals surface area contributed by atoms with Gasteiger partial charge in [-0.2, -0.15) is 0 Å². The molecule has 0 fully saturated rings. The number of rotatable bonds is 1. The minimum atomic E-state index is -0.0875. The number of amidine groups is 1. The summed E-state index contributed by atoms with van der Waals surface area (Å²) < 4.78 is 0.951. The SMILES string of the molecule is Cc1ccc(I)c(C(=O)NC2=NC=CC2)c1. The lowest BCUT2D eigenvalue weighted by atomic mass is 10.1. The molecule has 1 N–H and O–H groups in total. The second-order valence-electron chi connectivity index (χ2n) is 3.60. The monoisotopic (exact) mass is 326 g/mol. The molecule has 0 radical (unpaired) electrons. The van der Waals surface area contributed by atoms with Gasteiger partial charge in [-0.25, -0.2) is 4.99 Å². The number of hydrogen-bond donors (Lipinski definition) is 1. The summed E-state index contributed by atoms with van der Waals surface area (Å²) in [5.74, 6) is 0.623. The van der Waals surface area contributed by atoms with Crippen LogP contribution in [0.3, 0.4) is 0 Å². The van der Waals surface area contributed by atoms with Crippen LogP contribution in [0.2, 0.25) is 0 Å². The Balaban J connectivity index is 2.17. The van der Waals surface area contributed by atoms with Crippen LogP contribution in [-0.4, -0.2) is 11.7 Å². The van der Waals surface area contributed by atoms with Crippen molar-refractivity contribution in [2.75, 3.05) is 0 Å². The number of aryl methyl sites for hydroxylation is 1. The number of carbonyl (C=O) groups is 1. The maximum atomic E-state index is 11.9. The van der Waals surface area contributed by atoms with E-state index in [-0.39, 0.29) is 5.91 Å². The number of carbonyl (C=O) groups excluding carboxylic acids is 1. The highest BCUT2D eigenvalue weighted by Crippen LogP contribution is 2.14. The van der Waals surface area contributed by atoms with Crippen LogP contribution in [-0.2, 0) is 0 Å². The van der Waals surface area contributed by atoms with Gasteiger partial charge in [0.15, 0.2) is 0 Å². The zero-order valence-corrected chi connectivity index (χ0v) is 11.0. The number of amides is 1. The van der Waals surface area contributed by atoms with Gasteiger partial charge in [-0.3, -0.25) is 4.79 Å². The third-order valence-corrected chi connectivity index (χ3v) is 3.21. The summed E-state index contributed by atoms with van der Waals surface area (Å²) in [7, 11) is 0. The van der Waals surface area contributed by atoms with E-state index < -0.39 is 0 Å². The first-order valence-electron chi connectivity index (χ1n) is 4.96. The van der Waals surface area contributed by atoms with Gasteiger partial charge in [-0.05, 0) is 41.6 Å². The van der Waals surface area contributed by atoms with Gasteiger partial charge in [0.2, 0.25) is 0 Å². The molecular weight excluding hydrogens is 315 g/mol. The van der Waals surface area contributed by atoms with Gasteiger partial charge in [-0.1, -0.05) is 17.7 Å². The van der Waals surface area contributed by atoms with Crippen LogP contribution in [0.25, 0.3) is 0 Å². The van der Waals surface area contributed by atoms with E-state index in [0.29, 0.717) is 17.8 Å². The van der Waals surface area contributed by atoms with Crippen molar-refractivity contribution >= 4 is 34.3 Å². The summed E-state index contributed by atoms with van der Waals surface area (Å²) in [5.41, 5.74) is 1.78. The Hall–Kier alpha value is -1.17. The van der Waals surface area contributed by atoms with Gasteiger partial charge in [0.25, 0.3) is 5.91 Å². The highest BCUT2D eigenvalue weighted by molar-refractivity contribution is 14.1. The van der Waals surface area contributed by atoms with Crippen molar-refractivity contribution in [1.29, 1.82) is 0 Å². The van der Waals surface area contributed by atoms with E-state index in [4.69, 9.17) is 0 Å². The lowest BCUT2D eigenvalue weighted by Gasteiger charge is -2.07. The van der Waals surface area contributed by atoms with E-state index in [2.05, 4.69) is 32.9 Å². The summed E-state index contributed by atoms with van der Waals surface area (Å²) in [4.78, 5) is 16.0. The molecule has 2 rings (SSSR count). The molecule has 0 aliphatic carbocycles. The molecule has 3 nitrogen and oxygen atoms in total. The van der Waals surface area contributed by atoms with E-state index in [1.54, 1.807) is 6.20 Å². The first-order valence-corrected chi connectivity index (χ1v) is 6.04. The molecule has 4 heteroatoms. The van der Waals surface area contributed by atoms with Crippen molar-refractivity contribution in [2.45, 2.75) is 13.3 Å². The Morgan fingerprint density at radius 3 is 3.00 bits per heavy atom. The molecule has 0 aromatic heterocycles. The predicted octanol–water partition coefficient (Wildman–Crippen LogP) is 2.65. The standard InChI is InChI=1S/C12H11IN2O/c1-8-4-5-10(13)9(7-8)12(16)15-11-3-2-6-14-11/h2,4-7H,3H2,1H3,(H,14,15,16). The highest BCUT2D eigenvalue weighted by atomic mass is 127. The van der Waals surface area contributed by atoms with Crippen LogP contribution in [0.15, 0.2) is 35.5 Å². The van der Waals surface area contributed by atoms with E-state index in [9.17, 15) is 4.79 Å². The van der Waals surface area contributed by atoms with Crippen LogP contribution in [0.5, 0.6) is 0 Å². The third kappa shape index (κ3) is 2.49. The number of hydrogen-bond acceptors (Lipinski definition) is 2. The van der Waals surface area contributed by atoms with Gasteiger partial charge in [0.05, 0.1) is 5.56 Å². The Labute approximate surface area is 108 Å². The summed E-state index contributed by atoms with van der Waals surface area (Å²) >= 11 is 2.16. The molecule has 1 heterocycles.